The number of hydrogen-bond donors (Lipinski definition) is 0. The van der Waals surface area contributed by atoms with Crippen molar-refractivity contribution in [2.75, 3.05) is 19.6 Å². The van der Waals surface area contributed by atoms with Gasteiger partial charge in [0.2, 0.25) is 0 Å². The molecule has 0 aliphatic carbocycles. The van der Waals surface area contributed by atoms with E-state index in [1.54, 1.807) is 0 Å². The molecule has 0 saturated carbocycles. The van der Waals surface area contributed by atoms with Crippen LogP contribution in [0.4, 0.5) is 0 Å². The summed E-state index contributed by atoms with van der Waals surface area (Å²) in [5.74, 6) is 0.709. The maximum absolute atomic E-state index is 4.27. The summed E-state index contributed by atoms with van der Waals surface area (Å²) >= 11 is 2.40. The number of piperidine rings is 1. The Hall–Kier alpha value is 0.360. The summed E-state index contributed by atoms with van der Waals surface area (Å²) in [5, 5.41) is 0. The van der Waals surface area contributed by atoms with Gasteiger partial charge in [-0.25, -0.2) is 3.11 Å². The topological polar surface area (TPSA) is 15.6 Å². The second-order valence-corrected chi connectivity index (χ2v) is 4.28. The van der Waals surface area contributed by atoms with Crippen molar-refractivity contribution in [2.24, 2.45) is 10.9 Å². The molecule has 1 heterocycles. The largest absolute Gasteiger partial charge is 0.297 e. The van der Waals surface area contributed by atoms with Crippen molar-refractivity contribution in [1.29, 1.82) is 0 Å². The van der Waals surface area contributed by atoms with E-state index in [2.05, 4.69) is 44.1 Å². The normalized spacial score (nSPS) is 28.0. The summed E-state index contributed by atoms with van der Waals surface area (Å²) in [6.07, 6.45) is 4.77. The van der Waals surface area contributed by atoms with Crippen LogP contribution >= 0.6 is 22.9 Å². The van der Waals surface area contributed by atoms with Gasteiger partial charge in [0.1, 0.15) is 0 Å². The molecule has 1 aliphatic rings. The quantitative estimate of drug-likeness (QED) is 0.425. The van der Waals surface area contributed by atoms with Gasteiger partial charge in [0.25, 0.3) is 0 Å². The molecule has 1 atom stereocenters. The molecule has 0 aromatic carbocycles. The highest BCUT2D eigenvalue weighted by Crippen LogP contribution is 2.17. The molecule has 0 aromatic heterocycles. The maximum Gasteiger partial charge on any atom is 0.0357 e. The molecular formula is C8H15IN2. The second-order valence-electron chi connectivity index (χ2n) is 2.92. The number of aliphatic imine (C=N–C) groups is 1. The Labute approximate surface area is 82.6 Å². The van der Waals surface area contributed by atoms with Gasteiger partial charge in [-0.05, 0) is 19.8 Å². The number of nitrogens with zero attached hydrogens (tertiary/aromatic N) is 2. The number of rotatable bonds is 2. The third-order valence-electron chi connectivity index (χ3n) is 1.91. The van der Waals surface area contributed by atoms with Gasteiger partial charge in [-0.1, -0.05) is 0 Å². The van der Waals surface area contributed by atoms with E-state index in [-0.39, 0.29) is 0 Å². The Bertz CT molecular complexity index is 136. The lowest BCUT2D eigenvalue weighted by Crippen LogP contribution is -2.28. The number of hydrogen-bond acceptors (Lipinski definition) is 2. The molecule has 1 fully saturated rings. The van der Waals surface area contributed by atoms with Crippen LogP contribution in [0.25, 0.3) is 0 Å². The van der Waals surface area contributed by atoms with Gasteiger partial charge in [-0.3, -0.25) is 4.99 Å². The van der Waals surface area contributed by atoms with Crippen LogP contribution in [0.3, 0.4) is 0 Å². The molecule has 3 heteroatoms. The first-order valence-electron chi connectivity index (χ1n) is 4.23. The zero-order chi connectivity index (χ0) is 8.10. The van der Waals surface area contributed by atoms with Crippen molar-refractivity contribution in [2.45, 2.75) is 19.8 Å². The molecular weight excluding hydrogens is 251 g/mol. The van der Waals surface area contributed by atoms with Crippen molar-refractivity contribution in [3.8, 4) is 0 Å². The van der Waals surface area contributed by atoms with E-state index in [4.69, 9.17) is 0 Å². The van der Waals surface area contributed by atoms with Gasteiger partial charge in [0, 0.05) is 54.6 Å². The standard InChI is InChI=1S/C8H15IN2/c1-2-10-6-8-4-3-5-11(9)7-8/h6,8H,2-5,7H2,1H3. The molecule has 64 valence electrons. The van der Waals surface area contributed by atoms with Gasteiger partial charge in [0.15, 0.2) is 0 Å². The van der Waals surface area contributed by atoms with E-state index in [1.165, 1.54) is 25.9 Å². The third kappa shape index (κ3) is 3.51. The smallest absolute Gasteiger partial charge is 0.0357 e. The summed E-state index contributed by atoms with van der Waals surface area (Å²) in [4.78, 5) is 4.27. The summed E-state index contributed by atoms with van der Waals surface area (Å²) in [6, 6.07) is 0. The molecule has 2 nitrogen and oxygen atoms in total. The monoisotopic (exact) mass is 266 g/mol. The minimum Gasteiger partial charge on any atom is -0.297 e. The van der Waals surface area contributed by atoms with Gasteiger partial charge in [-0.2, -0.15) is 0 Å². The predicted octanol–water partition coefficient (Wildman–Crippen LogP) is 2.14. The molecule has 0 spiro atoms. The molecule has 1 saturated heterocycles. The first kappa shape index (κ1) is 9.45. The fraction of sp³-hybridized carbons (Fsp3) is 0.875. The molecule has 1 unspecified atom stereocenters. The highest BCUT2D eigenvalue weighted by atomic mass is 127. The van der Waals surface area contributed by atoms with Crippen LogP contribution in [-0.4, -0.2) is 29.0 Å². The average Bonchev–Trinajstić information content (AvgIpc) is 2.01. The molecule has 0 N–H and O–H groups in total. The average molecular weight is 266 g/mol. The molecule has 11 heavy (non-hydrogen) atoms. The first-order valence-corrected chi connectivity index (χ1v) is 5.20. The van der Waals surface area contributed by atoms with Gasteiger partial charge >= 0.3 is 0 Å². The highest BCUT2D eigenvalue weighted by Gasteiger charge is 2.15. The highest BCUT2D eigenvalue weighted by molar-refractivity contribution is 14.1. The molecule has 1 aliphatic heterocycles. The Morgan fingerprint density at radius 1 is 1.73 bits per heavy atom. The lowest BCUT2D eigenvalue weighted by Gasteiger charge is -2.25. The Morgan fingerprint density at radius 3 is 3.18 bits per heavy atom. The summed E-state index contributed by atoms with van der Waals surface area (Å²) < 4.78 is 2.35. The van der Waals surface area contributed by atoms with Crippen molar-refractivity contribution in [3.63, 3.8) is 0 Å². The Kier molecular flexibility index (Phi) is 4.37. The Balaban J connectivity index is 2.28. The predicted molar refractivity (Wildman–Crippen MR) is 57.4 cm³/mol. The van der Waals surface area contributed by atoms with E-state index in [1.807, 2.05) is 0 Å². The SMILES string of the molecule is CCN=CC1CCCN(I)C1. The molecule has 0 amide bonds. The van der Waals surface area contributed by atoms with E-state index >= 15 is 0 Å². The van der Waals surface area contributed by atoms with Gasteiger partial charge in [-0.15, -0.1) is 0 Å². The molecule has 0 bridgehead atoms. The van der Waals surface area contributed by atoms with Crippen LogP contribution in [0.1, 0.15) is 19.8 Å². The number of halogens is 1. The van der Waals surface area contributed by atoms with E-state index in [9.17, 15) is 0 Å². The zero-order valence-electron chi connectivity index (χ0n) is 6.96. The van der Waals surface area contributed by atoms with Crippen LogP contribution in [0.15, 0.2) is 4.99 Å². The van der Waals surface area contributed by atoms with E-state index in [0.717, 1.165) is 6.54 Å². The maximum atomic E-state index is 4.27. The van der Waals surface area contributed by atoms with Crippen LogP contribution in [0, 0.1) is 5.92 Å². The van der Waals surface area contributed by atoms with Crippen LogP contribution < -0.4 is 0 Å². The van der Waals surface area contributed by atoms with E-state index < -0.39 is 0 Å². The van der Waals surface area contributed by atoms with Crippen molar-refractivity contribution < 1.29 is 0 Å². The summed E-state index contributed by atoms with van der Waals surface area (Å²) in [7, 11) is 0. The second kappa shape index (κ2) is 5.09. The van der Waals surface area contributed by atoms with E-state index in [0.29, 0.717) is 5.92 Å². The van der Waals surface area contributed by atoms with Gasteiger partial charge in [0.05, 0.1) is 0 Å². The van der Waals surface area contributed by atoms with Crippen molar-refractivity contribution >= 4 is 29.1 Å². The fourth-order valence-corrected chi connectivity index (χ4v) is 2.19. The molecule has 0 radical (unpaired) electrons. The van der Waals surface area contributed by atoms with Crippen LogP contribution in [-0.2, 0) is 0 Å². The minimum absolute atomic E-state index is 0.709. The Morgan fingerprint density at radius 2 is 2.55 bits per heavy atom. The summed E-state index contributed by atoms with van der Waals surface area (Å²) in [5.41, 5.74) is 0. The minimum atomic E-state index is 0.709. The first-order chi connectivity index (χ1) is 5.33. The lowest BCUT2D eigenvalue weighted by atomic mass is 10.0. The van der Waals surface area contributed by atoms with Crippen molar-refractivity contribution in [3.05, 3.63) is 0 Å². The van der Waals surface area contributed by atoms with Crippen LogP contribution in [0.2, 0.25) is 0 Å². The van der Waals surface area contributed by atoms with Gasteiger partial charge < -0.3 is 0 Å². The third-order valence-corrected chi connectivity index (χ3v) is 2.78. The van der Waals surface area contributed by atoms with Crippen molar-refractivity contribution in [1.82, 2.24) is 3.11 Å². The van der Waals surface area contributed by atoms with Crippen LogP contribution in [0.5, 0.6) is 0 Å². The fourth-order valence-electron chi connectivity index (χ4n) is 1.34. The zero-order valence-corrected chi connectivity index (χ0v) is 9.12. The molecule has 1 rings (SSSR count). The molecule has 0 aromatic rings. The summed E-state index contributed by atoms with van der Waals surface area (Å²) in [6.45, 7) is 5.44. The lowest BCUT2D eigenvalue weighted by molar-refractivity contribution is 0.365.